The van der Waals surface area contributed by atoms with E-state index in [1.807, 2.05) is 19.4 Å². The number of hydrogen-bond acceptors (Lipinski definition) is 5. The van der Waals surface area contributed by atoms with Crippen LogP contribution in [0.15, 0.2) is 11.7 Å². The van der Waals surface area contributed by atoms with Gasteiger partial charge in [-0.1, -0.05) is 11.3 Å². The van der Waals surface area contributed by atoms with E-state index in [1.54, 1.807) is 17.5 Å². The van der Waals surface area contributed by atoms with Crippen molar-refractivity contribution in [1.82, 2.24) is 9.97 Å². The third-order valence-electron chi connectivity index (χ3n) is 2.85. The molecule has 0 radical (unpaired) electrons. The summed E-state index contributed by atoms with van der Waals surface area (Å²) < 4.78 is 2.11. The molecule has 0 unspecified atom stereocenters. The van der Waals surface area contributed by atoms with Gasteiger partial charge in [0.15, 0.2) is 12.2 Å². The Morgan fingerprint density at radius 1 is 1.47 bits per heavy atom. The molecule has 0 aliphatic carbocycles. The molecule has 2 aromatic rings. The van der Waals surface area contributed by atoms with Crippen molar-refractivity contribution in [3.8, 4) is 0 Å². The molecule has 0 fully saturated rings. The first-order chi connectivity index (χ1) is 8.61. The van der Waals surface area contributed by atoms with Gasteiger partial charge in [-0.3, -0.25) is 0 Å². The number of hydrogen-bond donors (Lipinski definition) is 2. The molecule has 100 valence electrons. The van der Waals surface area contributed by atoms with E-state index in [4.69, 9.17) is 10.8 Å². The number of aromatic nitrogens is 3. The van der Waals surface area contributed by atoms with E-state index in [-0.39, 0.29) is 47.2 Å². The number of aryl methyl sites for hydroxylation is 1. The number of anilines is 1. The van der Waals surface area contributed by atoms with Crippen molar-refractivity contribution in [3.63, 3.8) is 0 Å². The molecule has 0 aliphatic heterocycles. The smallest absolute Gasteiger partial charge is 1.00 e. The second-order valence-electron chi connectivity index (χ2n) is 4.16. The molecule has 0 aliphatic rings. The first-order valence-electron chi connectivity index (χ1n) is 5.77. The van der Waals surface area contributed by atoms with Gasteiger partial charge in [-0.2, -0.15) is 4.57 Å². The monoisotopic (exact) mass is 307 g/mol. The van der Waals surface area contributed by atoms with E-state index in [2.05, 4.69) is 14.5 Å². The van der Waals surface area contributed by atoms with E-state index in [1.165, 1.54) is 4.88 Å². The SMILES string of the molecule is Cc1ncc(C[n+]2csc(CCO)c2C)c(N)n1.[Ca+2].[H-].[H-]. The minimum absolute atomic E-state index is 0. The van der Waals surface area contributed by atoms with E-state index in [9.17, 15) is 0 Å². The first kappa shape index (κ1) is 16.8. The van der Waals surface area contributed by atoms with Crippen LogP contribution < -0.4 is 10.3 Å². The molecule has 0 atom stereocenters. The molecule has 2 heterocycles. The Morgan fingerprint density at radius 3 is 2.84 bits per heavy atom. The summed E-state index contributed by atoms with van der Waals surface area (Å²) in [5.41, 5.74) is 10.0. The van der Waals surface area contributed by atoms with Crippen LogP contribution in [0.3, 0.4) is 0 Å². The molecule has 5 nitrogen and oxygen atoms in total. The molecule has 0 saturated heterocycles. The fraction of sp³-hybridized carbons (Fsp3) is 0.417. The Labute approximate surface area is 149 Å². The van der Waals surface area contributed by atoms with Crippen LogP contribution in [0.1, 0.15) is 24.8 Å². The first-order valence-corrected chi connectivity index (χ1v) is 6.65. The topological polar surface area (TPSA) is 75.9 Å². The number of rotatable bonds is 4. The Hall–Kier alpha value is -0.270. The molecule has 3 N–H and O–H groups in total. The van der Waals surface area contributed by atoms with Gasteiger partial charge in [-0.15, -0.1) is 0 Å². The Bertz CT molecular complexity index is 568. The minimum atomic E-state index is 0. The molecule has 2 rings (SSSR count). The summed E-state index contributed by atoms with van der Waals surface area (Å²) in [6.07, 6.45) is 2.47. The summed E-state index contributed by atoms with van der Waals surface area (Å²) in [6.45, 7) is 4.71. The van der Waals surface area contributed by atoms with E-state index < -0.39 is 0 Å². The number of nitrogens with two attached hydrogens (primary N) is 1. The van der Waals surface area contributed by atoms with Gasteiger partial charge in [0.1, 0.15) is 11.6 Å². The van der Waals surface area contributed by atoms with Crippen LogP contribution in [-0.4, -0.2) is 59.4 Å². The number of aliphatic hydroxyl groups is 1. The number of nitrogens with zero attached hydrogens (tertiary/aromatic N) is 3. The summed E-state index contributed by atoms with van der Waals surface area (Å²) >= 11 is 1.65. The zero-order chi connectivity index (χ0) is 13.1. The zero-order valence-electron chi connectivity index (χ0n) is 13.3. The molecule has 0 aromatic carbocycles. The van der Waals surface area contributed by atoms with Crippen LogP contribution in [0, 0.1) is 13.8 Å². The second-order valence-corrected chi connectivity index (χ2v) is 5.10. The maximum Gasteiger partial charge on any atom is 2.00 e. The molecule has 0 bridgehead atoms. The van der Waals surface area contributed by atoms with Gasteiger partial charge in [0, 0.05) is 26.1 Å². The Balaban J connectivity index is 0. The van der Waals surface area contributed by atoms with Crippen molar-refractivity contribution in [3.05, 3.63) is 33.7 Å². The van der Waals surface area contributed by atoms with Gasteiger partial charge in [-0.05, 0) is 6.92 Å². The molecule has 0 amide bonds. The quantitative estimate of drug-likeness (QED) is 0.635. The summed E-state index contributed by atoms with van der Waals surface area (Å²) in [6, 6.07) is 0. The third kappa shape index (κ3) is 4.10. The van der Waals surface area contributed by atoms with Crippen molar-refractivity contribution in [1.29, 1.82) is 0 Å². The molecule has 7 heteroatoms. The number of aliphatic hydroxyl groups excluding tert-OH is 1. The molecule has 0 spiro atoms. The minimum Gasteiger partial charge on any atom is -1.00 e. The summed E-state index contributed by atoms with van der Waals surface area (Å²) in [5, 5.41) is 8.98. The van der Waals surface area contributed by atoms with Gasteiger partial charge in [0.2, 0.25) is 5.51 Å². The molecular weight excluding hydrogens is 288 g/mol. The third-order valence-corrected chi connectivity index (χ3v) is 4.00. The molecule has 19 heavy (non-hydrogen) atoms. The van der Waals surface area contributed by atoms with Crippen molar-refractivity contribution in [2.24, 2.45) is 0 Å². The second kappa shape index (κ2) is 7.50. The maximum atomic E-state index is 8.98. The maximum absolute atomic E-state index is 8.98. The van der Waals surface area contributed by atoms with Crippen molar-refractivity contribution in [2.45, 2.75) is 26.8 Å². The van der Waals surface area contributed by atoms with Crippen LogP contribution in [0.4, 0.5) is 5.82 Å². The largest absolute Gasteiger partial charge is 2.00 e. The van der Waals surface area contributed by atoms with Crippen LogP contribution in [-0.2, 0) is 13.0 Å². The number of nitrogen functional groups attached to an aromatic ring is 1. The normalized spacial score (nSPS) is 10.3. The Morgan fingerprint density at radius 2 is 2.21 bits per heavy atom. The summed E-state index contributed by atoms with van der Waals surface area (Å²) in [4.78, 5) is 9.53. The molecule has 2 aromatic heterocycles. The van der Waals surface area contributed by atoms with Crippen LogP contribution >= 0.6 is 11.3 Å². The predicted octanol–water partition coefficient (Wildman–Crippen LogP) is 0.452. The zero-order valence-corrected chi connectivity index (χ0v) is 14.3. The van der Waals surface area contributed by atoms with Crippen molar-refractivity contribution < 1.29 is 12.5 Å². The number of thiazole rings is 1. The molecule has 0 saturated carbocycles. The van der Waals surface area contributed by atoms with Gasteiger partial charge < -0.3 is 13.7 Å². The van der Waals surface area contributed by atoms with E-state index in [0.29, 0.717) is 24.6 Å². The van der Waals surface area contributed by atoms with E-state index in [0.717, 1.165) is 11.3 Å². The van der Waals surface area contributed by atoms with Crippen LogP contribution in [0.5, 0.6) is 0 Å². The van der Waals surface area contributed by atoms with Crippen LogP contribution in [0.2, 0.25) is 0 Å². The summed E-state index contributed by atoms with van der Waals surface area (Å²) in [7, 11) is 0. The van der Waals surface area contributed by atoms with Gasteiger partial charge in [-0.25, -0.2) is 9.97 Å². The van der Waals surface area contributed by atoms with E-state index >= 15 is 0 Å². The van der Waals surface area contributed by atoms with Gasteiger partial charge >= 0.3 is 37.7 Å². The predicted molar refractivity (Wildman–Crippen MR) is 78.3 cm³/mol. The fourth-order valence-corrected chi connectivity index (χ4v) is 2.75. The average Bonchev–Trinajstić information content (AvgIpc) is 2.66. The molecular formula is C12H19CaN4OS+. The fourth-order valence-electron chi connectivity index (χ4n) is 1.77. The van der Waals surface area contributed by atoms with Crippen molar-refractivity contribution >= 4 is 54.9 Å². The van der Waals surface area contributed by atoms with Gasteiger partial charge in [0.25, 0.3) is 0 Å². The Kier molecular flexibility index (Phi) is 6.62. The van der Waals surface area contributed by atoms with Gasteiger partial charge in [0.05, 0.1) is 10.4 Å². The van der Waals surface area contributed by atoms with Crippen molar-refractivity contribution in [2.75, 3.05) is 12.3 Å². The van der Waals surface area contributed by atoms with Crippen LogP contribution in [0.25, 0.3) is 0 Å². The summed E-state index contributed by atoms with van der Waals surface area (Å²) in [5.74, 6) is 1.22. The average molecular weight is 307 g/mol. The standard InChI is InChI=1S/C12H17N4OS.Ca.2H/c1-8-11(3-4-17)18-7-16(8)6-10-5-14-9(2)15-12(10)13;;;/h5,7,17H,3-4,6H2,1-2H3,(H2,13,14,15);;;/q+1;+2;2*-1.